The molecule has 0 fully saturated rings. The Kier molecular flexibility index (Phi) is 5.36. The number of pyridine rings is 1. The second-order valence-electron chi connectivity index (χ2n) is 4.21. The molecule has 4 heteroatoms. The molecule has 3 nitrogen and oxygen atoms in total. The normalized spacial score (nSPS) is 10.4. The third-order valence-electron chi connectivity index (χ3n) is 2.72. The van der Waals surface area contributed by atoms with Gasteiger partial charge in [-0.25, -0.2) is 0 Å². The van der Waals surface area contributed by atoms with Crippen molar-refractivity contribution < 1.29 is 4.74 Å². The molecular weight excluding hydrogens is 304 g/mol. The minimum atomic E-state index is 0.626. The van der Waals surface area contributed by atoms with Gasteiger partial charge in [-0.2, -0.15) is 0 Å². The molecule has 1 aromatic carbocycles. The molecule has 0 aliphatic heterocycles. The highest BCUT2D eigenvalue weighted by Crippen LogP contribution is 2.26. The number of halogens is 1. The molecule has 0 bridgehead atoms. The summed E-state index contributed by atoms with van der Waals surface area (Å²) >= 11 is 3.54. The number of ether oxygens (including phenoxy) is 1. The molecule has 0 saturated heterocycles. The summed E-state index contributed by atoms with van der Waals surface area (Å²) in [6.45, 7) is 1.48. The first-order valence-electron chi connectivity index (χ1n) is 6.25. The van der Waals surface area contributed by atoms with E-state index in [0.29, 0.717) is 6.61 Å². The van der Waals surface area contributed by atoms with E-state index in [2.05, 4.69) is 38.4 Å². The van der Waals surface area contributed by atoms with Crippen LogP contribution in [0.15, 0.2) is 47.1 Å². The molecule has 100 valence electrons. The van der Waals surface area contributed by atoms with Crippen molar-refractivity contribution in [2.24, 2.45) is 0 Å². The Balaban J connectivity index is 1.89. The fourth-order valence-electron chi connectivity index (χ4n) is 1.79. The Morgan fingerprint density at radius 1 is 1.26 bits per heavy atom. The van der Waals surface area contributed by atoms with E-state index in [1.807, 2.05) is 31.3 Å². The molecule has 1 heterocycles. The predicted octanol–water partition coefficient (Wildman–Crippen LogP) is 3.19. The van der Waals surface area contributed by atoms with Crippen molar-refractivity contribution >= 4 is 15.9 Å². The Hall–Kier alpha value is -1.39. The molecule has 0 aliphatic rings. The average molecular weight is 321 g/mol. The van der Waals surface area contributed by atoms with Crippen molar-refractivity contribution in [1.29, 1.82) is 0 Å². The summed E-state index contributed by atoms with van der Waals surface area (Å²) in [7, 11) is 1.94. The highest BCUT2D eigenvalue weighted by molar-refractivity contribution is 9.10. The molecule has 0 atom stereocenters. The molecule has 1 N–H and O–H groups in total. The summed E-state index contributed by atoms with van der Waals surface area (Å²) < 4.78 is 6.75. The van der Waals surface area contributed by atoms with Gasteiger partial charge >= 0.3 is 0 Å². The molecule has 0 unspecified atom stereocenters. The van der Waals surface area contributed by atoms with Crippen molar-refractivity contribution in [3.63, 3.8) is 0 Å². The first-order chi connectivity index (χ1) is 9.29. The van der Waals surface area contributed by atoms with Gasteiger partial charge in [0.2, 0.25) is 0 Å². The van der Waals surface area contributed by atoms with Gasteiger partial charge < -0.3 is 10.1 Å². The number of hydrogen-bond donors (Lipinski definition) is 1. The Bertz CT molecular complexity index is 517. The van der Waals surface area contributed by atoms with Crippen LogP contribution in [0.2, 0.25) is 0 Å². The van der Waals surface area contributed by atoms with Gasteiger partial charge in [0.25, 0.3) is 0 Å². The largest absolute Gasteiger partial charge is 0.492 e. The molecule has 19 heavy (non-hydrogen) atoms. The van der Waals surface area contributed by atoms with Crippen molar-refractivity contribution in [3.8, 4) is 5.75 Å². The number of hydrogen-bond acceptors (Lipinski definition) is 3. The molecule has 0 spiro atoms. The van der Waals surface area contributed by atoms with Gasteiger partial charge in [0.05, 0.1) is 11.1 Å². The van der Waals surface area contributed by atoms with Crippen molar-refractivity contribution in [1.82, 2.24) is 10.3 Å². The fraction of sp³-hybridized carbons (Fsp3) is 0.267. The topological polar surface area (TPSA) is 34.1 Å². The summed E-state index contributed by atoms with van der Waals surface area (Å²) in [5.41, 5.74) is 2.27. The summed E-state index contributed by atoms with van der Waals surface area (Å²) in [4.78, 5) is 4.27. The van der Waals surface area contributed by atoms with Gasteiger partial charge in [-0.1, -0.05) is 12.1 Å². The number of benzene rings is 1. The minimum absolute atomic E-state index is 0.626. The zero-order valence-corrected chi connectivity index (χ0v) is 12.5. The van der Waals surface area contributed by atoms with E-state index in [0.717, 1.165) is 28.9 Å². The highest BCUT2D eigenvalue weighted by atomic mass is 79.9. The Morgan fingerprint density at radius 2 is 2.16 bits per heavy atom. The SMILES string of the molecule is CNCc1ccc(OCCc2ccccn2)c(Br)c1. The van der Waals surface area contributed by atoms with Crippen LogP contribution in [0, 0.1) is 0 Å². The third kappa shape index (κ3) is 4.33. The van der Waals surface area contributed by atoms with Crippen LogP contribution in [0.5, 0.6) is 5.75 Å². The van der Waals surface area contributed by atoms with Crippen LogP contribution in [-0.2, 0) is 13.0 Å². The Morgan fingerprint density at radius 3 is 2.84 bits per heavy atom. The van der Waals surface area contributed by atoms with Crippen molar-refractivity contribution in [2.45, 2.75) is 13.0 Å². The second kappa shape index (κ2) is 7.26. The molecular formula is C15H17BrN2O. The molecule has 2 aromatic rings. The first-order valence-corrected chi connectivity index (χ1v) is 7.04. The number of nitrogens with zero attached hydrogens (tertiary/aromatic N) is 1. The van der Waals surface area contributed by atoms with E-state index >= 15 is 0 Å². The van der Waals surface area contributed by atoms with Gasteiger partial charge in [-0.15, -0.1) is 0 Å². The summed E-state index contributed by atoms with van der Waals surface area (Å²) in [6.07, 6.45) is 2.61. The third-order valence-corrected chi connectivity index (χ3v) is 3.34. The highest BCUT2D eigenvalue weighted by Gasteiger charge is 2.03. The summed E-state index contributed by atoms with van der Waals surface area (Å²) in [6, 6.07) is 12.1. The fourth-order valence-corrected chi connectivity index (χ4v) is 2.33. The van der Waals surface area contributed by atoms with Crippen LogP contribution < -0.4 is 10.1 Å². The number of nitrogens with one attached hydrogen (secondary N) is 1. The first kappa shape index (κ1) is 14.0. The number of rotatable bonds is 6. The average Bonchev–Trinajstić information content (AvgIpc) is 2.43. The molecule has 0 radical (unpaired) electrons. The molecule has 1 aromatic heterocycles. The van der Waals surface area contributed by atoms with E-state index in [1.54, 1.807) is 6.20 Å². The molecule has 2 rings (SSSR count). The van der Waals surface area contributed by atoms with E-state index in [1.165, 1.54) is 5.56 Å². The van der Waals surface area contributed by atoms with Gasteiger partial charge in [-0.05, 0) is 52.8 Å². The lowest BCUT2D eigenvalue weighted by atomic mass is 10.2. The van der Waals surface area contributed by atoms with Gasteiger partial charge in [0.15, 0.2) is 0 Å². The van der Waals surface area contributed by atoms with Crippen LogP contribution in [0.25, 0.3) is 0 Å². The lowest BCUT2D eigenvalue weighted by molar-refractivity contribution is 0.318. The predicted molar refractivity (Wildman–Crippen MR) is 80.3 cm³/mol. The van der Waals surface area contributed by atoms with Crippen LogP contribution in [0.4, 0.5) is 0 Å². The summed E-state index contributed by atoms with van der Waals surface area (Å²) in [5, 5.41) is 3.13. The molecule has 0 aliphatic carbocycles. The standard InChI is InChI=1S/C15H17BrN2O/c1-17-11-12-5-6-15(14(16)10-12)19-9-7-13-4-2-3-8-18-13/h2-6,8,10,17H,7,9,11H2,1H3. The zero-order chi connectivity index (χ0) is 13.5. The second-order valence-corrected chi connectivity index (χ2v) is 5.07. The van der Waals surface area contributed by atoms with E-state index in [-0.39, 0.29) is 0 Å². The Labute approximate surface area is 122 Å². The van der Waals surface area contributed by atoms with Crippen LogP contribution >= 0.6 is 15.9 Å². The van der Waals surface area contributed by atoms with Gasteiger partial charge in [0, 0.05) is 24.9 Å². The minimum Gasteiger partial charge on any atom is -0.492 e. The maximum Gasteiger partial charge on any atom is 0.133 e. The lowest BCUT2D eigenvalue weighted by Gasteiger charge is -2.09. The monoisotopic (exact) mass is 320 g/mol. The summed E-state index contributed by atoms with van der Waals surface area (Å²) in [5.74, 6) is 0.871. The smallest absolute Gasteiger partial charge is 0.133 e. The van der Waals surface area contributed by atoms with E-state index < -0.39 is 0 Å². The maximum absolute atomic E-state index is 5.77. The van der Waals surface area contributed by atoms with Crippen LogP contribution in [0.1, 0.15) is 11.3 Å². The molecule has 0 saturated carbocycles. The van der Waals surface area contributed by atoms with Crippen molar-refractivity contribution in [3.05, 3.63) is 58.3 Å². The lowest BCUT2D eigenvalue weighted by Crippen LogP contribution is -2.06. The molecule has 0 amide bonds. The number of aromatic nitrogens is 1. The maximum atomic E-state index is 5.77. The quantitative estimate of drug-likeness (QED) is 0.887. The van der Waals surface area contributed by atoms with Gasteiger partial charge in [0.1, 0.15) is 5.75 Å². The zero-order valence-electron chi connectivity index (χ0n) is 10.9. The van der Waals surface area contributed by atoms with E-state index in [9.17, 15) is 0 Å². The van der Waals surface area contributed by atoms with Crippen LogP contribution in [-0.4, -0.2) is 18.6 Å². The van der Waals surface area contributed by atoms with Gasteiger partial charge in [-0.3, -0.25) is 4.98 Å². The van der Waals surface area contributed by atoms with E-state index in [4.69, 9.17) is 4.74 Å². The van der Waals surface area contributed by atoms with Crippen LogP contribution in [0.3, 0.4) is 0 Å². The van der Waals surface area contributed by atoms with Crippen molar-refractivity contribution in [2.75, 3.05) is 13.7 Å².